The van der Waals surface area contributed by atoms with E-state index in [1.54, 1.807) is 16.8 Å². The molecule has 27 heavy (non-hydrogen) atoms. The number of anilines is 1. The Morgan fingerprint density at radius 3 is 2.96 bits per heavy atom. The van der Waals surface area contributed by atoms with Gasteiger partial charge in [0.15, 0.2) is 0 Å². The van der Waals surface area contributed by atoms with Crippen molar-refractivity contribution in [2.24, 2.45) is 12.8 Å². The van der Waals surface area contributed by atoms with Crippen molar-refractivity contribution in [3.63, 3.8) is 0 Å². The summed E-state index contributed by atoms with van der Waals surface area (Å²) < 4.78 is 18.7. The number of nitrogens with one attached hydrogen (secondary N) is 1. The monoisotopic (exact) mass is 479 g/mol. The maximum atomic E-state index is 15.3. The Morgan fingerprint density at radius 2 is 2.30 bits per heavy atom. The average Bonchev–Trinajstić information content (AvgIpc) is 3.51. The first kappa shape index (κ1) is 18.3. The summed E-state index contributed by atoms with van der Waals surface area (Å²) in [7, 11) is 1.83. The predicted molar refractivity (Wildman–Crippen MR) is 99.5 cm³/mol. The summed E-state index contributed by atoms with van der Waals surface area (Å²) >= 11 is 0.142. The van der Waals surface area contributed by atoms with Gasteiger partial charge < -0.3 is 0 Å². The molecule has 0 amide bonds. The SMILES string of the molecule is C=C[C@H](N)Cc1c(F)c2c(NCc3ccccn3)nc(C3C[I-]3)nc2n1C. The van der Waals surface area contributed by atoms with Crippen molar-refractivity contribution in [3.05, 3.63) is 60.1 Å². The van der Waals surface area contributed by atoms with Crippen LogP contribution in [0, 0.1) is 5.82 Å². The van der Waals surface area contributed by atoms with Crippen LogP contribution in [0.4, 0.5) is 10.2 Å². The van der Waals surface area contributed by atoms with Crippen molar-refractivity contribution >= 4 is 16.9 Å². The fourth-order valence-corrected chi connectivity index (χ4v) is 4.31. The first-order valence-corrected chi connectivity index (χ1v) is 11.5. The van der Waals surface area contributed by atoms with Crippen LogP contribution in [0.3, 0.4) is 0 Å². The van der Waals surface area contributed by atoms with Gasteiger partial charge in [-0.1, -0.05) is 0 Å². The number of alkyl halides is 2. The summed E-state index contributed by atoms with van der Waals surface area (Å²) in [6, 6.07) is 5.41. The molecule has 6 nitrogen and oxygen atoms in total. The Labute approximate surface area is 167 Å². The quantitative estimate of drug-likeness (QED) is 0.267. The van der Waals surface area contributed by atoms with Crippen LogP contribution < -0.4 is 32.3 Å². The maximum absolute atomic E-state index is 15.3. The predicted octanol–water partition coefficient (Wildman–Crippen LogP) is -0.686. The summed E-state index contributed by atoms with van der Waals surface area (Å²) in [6.45, 7) is 4.17. The van der Waals surface area contributed by atoms with E-state index >= 15 is 4.39 Å². The molecule has 2 atom stereocenters. The van der Waals surface area contributed by atoms with E-state index in [1.807, 2.05) is 25.2 Å². The Morgan fingerprint density at radius 1 is 1.48 bits per heavy atom. The molecule has 1 aliphatic heterocycles. The van der Waals surface area contributed by atoms with Crippen molar-refractivity contribution in [2.45, 2.75) is 22.9 Å². The molecule has 142 valence electrons. The van der Waals surface area contributed by atoms with E-state index in [4.69, 9.17) is 5.73 Å². The van der Waals surface area contributed by atoms with Crippen LogP contribution in [0.1, 0.15) is 21.1 Å². The van der Waals surface area contributed by atoms with Gasteiger partial charge in [-0.3, -0.25) is 0 Å². The minimum atomic E-state index is -0.314. The van der Waals surface area contributed by atoms with Gasteiger partial charge in [0.05, 0.1) is 0 Å². The number of hydrogen-bond acceptors (Lipinski definition) is 5. The van der Waals surface area contributed by atoms with Gasteiger partial charge >= 0.3 is 168 Å². The number of pyridine rings is 1. The fourth-order valence-electron chi connectivity index (χ4n) is 2.99. The number of hydrogen-bond donors (Lipinski definition) is 2. The van der Waals surface area contributed by atoms with Gasteiger partial charge in [-0.2, -0.15) is 0 Å². The molecule has 3 N–H and O–H groups in total. The van der Waals surface area contributed by atoms with Crippen LogP contribution in [0.2, 0.25) is 0 Å². The van der Waals surface area contributed by atoms with Gasteiger partial charge in [0.1, 0.15) is 0 Å². The minimum absolute atomic E-state index is 0.142. The molecule has 3 aromatic rings. The third kappa shape index (κ3) is 3.68. The molecule has 4 rings (SSSR count). The molecule has 1 fully saturated rings. The van der Waals surface area contributed by atoms with Crippen LogP contribution in [0.5, 0.6) is 0 Å². The van der Waals surface area contributed by atoms with Crippen molar-refractivity contribution in [2.75, 3.05) is 9.74 Å². The van der Waals surface area contributed by atoms with E-state index in [9.17, 15) is 0 Å². The van der Waals surface area contributed by atoms with Crippen LogP contribution in [-0.4, -0.2) is 30.0 Å². The van der Waals surface area contributed by atoms with Crippen LogP contribution in [0.15, 0.2) is 37.1 Å². The molecule has 4 heterocycles. The zero-order valence-electron chi connectivity index (χ0n) is 15.0. The average molecular weight is 479 g/mol. The van der Waals surface area contributed by atoms with Gasteiger partial charge in [-0.05, 0) is 0 Å². The van der Waals surface area contributed by atoms with Crippen molar-refractivity contribution < 1.29 is 25.6 Å². The standard InChI is InChI=1S/C19H21FIN6/c1-3-11(22)8-14-16(20)15-18(24-10-12-6-4-5-7-23-12)25-17(13-9-21-13)26-19(15)27(14)2/h3-7,11,13H,1,8-10,22H2,2H3,(H,24,25,26)/q-1/t11-,13?/m0/s1. The zero-order valence-corrected chi connectivity index (χ0v) is 17.1. The molecule has 0 aromatic carbocycles. The molecule has 3 aromatic heterocycles. The molecule has 8 heteroatoms. The molecule has 1 unspecified atom stereocenters. The third-order valence-electron chi connectivity index (χ3n) is 4.59. The number of aryl methyl sites for hydroxylation is 1. The second-order valence-corrected chi connectivity index (χ2v) is 9.77. The summed E-state index contributed by atoms with van der Waals surface area (Å²) in [4.78, 5) is 13.7. The van der Waals surface area contributed by atoms with Gasteiger partial charge in [0.25, 0.3) is 0 Å². The molecule has 0 bridgehead atoms. The summed E-state index contributed by atoms with van der Waals surface area (Å²) in [5.41, 5.74) is 7.98. The number of fused-ring (bicyclic) bond motifs is 1. The van der Waals surface area contributed by atoms with Crippen LogP contribution >= 0.6 is 0 Å². The molecule has 0 aliphatic carbocycles. The summed E-state index contributed by atoms with van der Waals surface area (Å²) in [6.07, 6.45) is 3.74. The van der Waals surface area contributed by atoms with Gasteiger partial charge in [0.2, 0.25) is 0 Å². The van der Waals surface area contributed by atoms with E-state index in [-0.39, 0.29) is 33.1 Å². The third-order valence-corrected chi connectivity index (χ3v) is 6.90. The van der Waals surface area contributed by atoms with E-state index in [1.165, 1.54) is 4.43 Å². The number of nitrogens with zero attached hydrogens (tertiary/aromatic N) is 4. The van der Waals surface area contributed by atoms with E-state index in [2.05, 4.69) is 26.8 Å². The first-order valence-electron chi connectivity index (χ1n) is 8.72. The summed E-state index contributed by atoms with van der Waals surface area (Å²) in [5, 5.41) is 3.69. The van der Waals surface area contributed by atoms with Crippen LogP contribution in [0.25, 0.3) is 11.0 Å². The molecule has 0 radical (unpaired) electrons. The molecular formula is C19H21FIN6-. The second-order valence-electron chi connectivity index (χ2n) is 6.50. The topological polar surface area (TPSA) is 81.7 Å². The Bertz CT molecular complexity index is 983. The normalized spacial score (nSPS) is 17.4. The summed E-state index contributed by atoms with van der Waals surface area (Å²) in [5.74, 6) is 1.03. The Hall–Kier alpha value is -2.07. The molecule has 1 saturated heterocycles. The second kappa shape index (κ2) is 7.51. The number of aromatic nitrogens is 4. The van der Waals surface area contributed by atoms with Crippen molar-refractivity contribution in [1.29, 1.82) is 0 Å². The van der Waals surface area contributed by atoms with Crippen molar-refractivity contribution in [1.82, 2.24) is 19.5 Å². The van der Waals surface area contributed by atoms with Gasteiger partial charge in [-0.15, -0.1) is 0 Å². The van der Waals surface area contributed by atoms with Crippen LogP contribution in [-0.2, 0) is 20.0 Å². The Kier molecular flexibility index (Phi) is 5.09. The molecule has 1 aliphatic rings. The van der Waals surface area contributed by atoms with E-state index in [0.29, 0.717) is 39.4 Å². The molecule has 0 saturated carbocycles. The van der Waals surface area contributed by atoms with Crippen molar-refractivity contribution in [3.8, 4) is 0 Å². The van der Waals surface area contributed by atoms with E-state index < -0.39 is 0 Å². The first-order chi connectivity index (χ1) is 13.1. The van der Waals surface area contributed by atoms with Gasteiger partial charge in [-0.25, -0.2) is 0 Å². The van der Waals surface area contributed by atoms with Gasteiger partial charge in [0, 0.05) is 0 Å². The zero-order chi connectivity index (χ0) is 19.0. The molecular weight excluding hydrogens is 458 g/mol. The number of halogens is 2. The number of nitrogens with two attached hydrogens (primary N) is 1. The number of rotatable bonds is 7. The van der Waals surface area contributed by atoms with E-state index in [0.717, 1.165) is 11.5 Å². The Balaban J connectivity index is 1.78. The fraction of sp³-hybridized carbons (Fsp3) is 0.316. The molecule has 0 spiro atoms.